The number of aromatic nitrogens is 4. The smallest absolute Gasteiger partial charge is 0.238 e. The standard InChI is InChI=1S/C50H34N4/c1-50(2)41-26-22-31-13-9-11-19-37(31)45(41)39-25-21-36(30-42(39)50)35-24-27-43-40(29-35)46-38-20-12-10-14-32(38)23-28-44(46)54(43)49-52-47(33-15-5-3-6-16-33)51-48(53-49)34-17-7-4-8-18-34/h3-30H,1-2H3. The van der Waals surface area contributed by atoms with Crippen LogP contribution in [0.25, 0.3) is 94.3 Å². The van der Waals surface area contributed by atoms with E-state index in [2.05, 4.69) is 152 Å². The van der Waals surface area contributed by atoms with E-state index < -0.39 is 0 Å². The Labute approximate surface area is 313 Å². The normalized spacial score (nSPS) is 13.1. The van der Waals surface area contributed by atoms with Crippen molar-refractivity contribution < 1.29 is 0 Å². The topological polar surface area (TPSA) is 43.6 Å². The Kier molecular flexibility index (Phi) is 6.56. The maximum atomic E-state index is 5.17. The first-order valence-corrected chi connectivity index (χ1v) is 18.5. The summed E-state index contributed by atoms with van der Waals surface area (Å²) in [6.45, 7) is 4.72. The van der Waals surface area contributed by atoms with Gasteiger partial charge in [0.15, 0.2) is 11.6 Å². The molecule has 0 N–H and O–H groups in total. The van der Waals surface area contributed by atoms with Crippen LogP contribution in [-0.4, -0.2) is 19.5 Å². The molecule has 0 radical (unpaired) electrons. The first-order chi connectivity index (χ1) is 26.5. The highest BCUT2D eigenvalue weighted by molar-refractivity contribution is 6.21. The highest BCUT2D eigenvalue weighted by Crippen LogP contribution is 2.52. The number of hydrogen-bond donors (Lipinski definition) is 0. The Morgan fingerprint density at radius 1 is 0.426 bits per heavy atom. The summed E-state index contributed by atoms with van der Waals surface area (Å²) < 4.78 is 2.22. The molecule has 1 aliphatic carbocycles. The molecule has 54 heavy (non-hydrogen) atoms. The van der Waals surface area contributed by atoms with E-state index in [9.17, 15) is 0 Å². The number of rotatable bonds is 4. The SMILES string of the molecule is CC1(C)c2cc(-c3ccc4c(c3)c3c5ccccc5ccc3n4-c3nc(-c4ccccc4)nc(-c4ccccc4)n3)ccc2-c2c1ccc1ccccc21. The zero-order valence-corrected chi connectivity index (χ0v) is 30.0. The molecule has 10 aromatic rings. The van der Waals surface area contributed by atoms with E-state index in [-0.39, 0.29) is 5.41 Å². The molecule has 0 aliphatic heterocycles. The van der Waals surface area contributed by atoms with Crippen LogP contribution in [0.15, 0.2) is 170 Å². The van der Waals surface area contributed by atoms with Gasteiger partial charge < -0.3 is 0 Å². The summed E-state index contributed by atoms with van der Waals surface area (Å²) in [6.07, 6.45) is 0. The lowest BCUT2D eigenvalue weighted by Gasteiger charge is -2.22. The predicted octanol–water partition coefficient (Wildman–Crippen LogP) is 12.6. The first kappa shape index (κ1) is 30.7. The van der Waals surface area contributed by atoms with E-state index in [1.807, 2.05) is 36.4 Å². The number of hydrogen-bond acceptors (Lipinski definition) is 3. The molecular formula is C50H34N4. The van der Waals surface area contributed by atoms with Crippen molar-refractivity contribution in [3.63, 3.8) is 0 Å². The zero-order chi connectivity index (χ0) is 36.0. The average molecular weight is 691 g/mol. The average Bonchev–Trinajstić information content (AvgIpc) is 3.69. The Balaban J connectivity index is 1.15. The van der Waals surface area contributed by atoms with E-state index in [4.69, 9.17) is 15.0 Å². The molecule has 2 heterocycles. The van der Waals surface area contributed by atoms with Crippen LogP contribution in [0.1, 0.15) is 25.0 Å². The highest BCUT2D eigenvalue weighted by Gasteiger charge is 2.36. The van der Waals surface area contributed by atoms with E-state index in [0.717, 1.165) is 27.5 Å². The van der Waals surface area contributed by atoms with Crippen LogP contribution >= 0.6 is 0 Å². The number of fused-ring (bicyclic) bond motifs is 10. The molecule has 0 unspecified atom stereocenters. The fraction of sp³-hybridized carbons (Fsp3) is 0.0600. The first-order valence-electron chi connectivity index (χ1n) is 18.5. The second-order valence-electron chi connectivity index (χ2n) is 14.9. The van der Waals surface area contributed by atoms with Crippen LogP contribution in [-0.2, 0) is 5.41 Å². The van der Waals surface area contributed by atoms with Crippen LogP contribution in [0.5, 0.6) is 0 Å². The monoisotopic (exact) mass is 690 g/mol. The molecule has 4 heteroatoms. The molecule has 0 saturated carbocycles. The molecule has 11 rings (SSSR count). The summed E-state index contributed by atoms with van der Waals surface area (Å²) in [7, 11) is 0. The van der Waals surface area contributed by atoms with Crippen molar-refractivity contribution in [3.05, 3.63) is 181 Å². The Bertz CT molecular complexity index is 3060. The fourth-order valence-electron chi connectivity index (χ4n) is 8.77. The molecule has 4 nitrogen and oxygen atoms in total. The Hall–Kier alpha value is -6.91. The maximum absolute atomic E-state index is 5.17. The molecule has 1 aliphatic rings. The van der Waals surface area contributed by atoms with Crippen molar-refractivity contribution in [3.8, 4) is 51.0 Å². The molecule has 0 saturated heterocycles. The van der Waals surface area contributed by atoms with Gasteiger partial charge in [0.25, 0.3) is 0 Å². The lowest BCUT2D eigenvalue weighted by atomic mass is 9.81. The molecule has 2 aromatic heterocycles. The summed E-state index contributed by atoms with van der Waals surface area (Å²) in [5.74, 6) is 1.87. The molecule has 0 bridgehead atoms. The minimum atomic E-state index is -0.118. The van der Waals surface area contributed by atoms with Gasteiger partial charge in [-0.05, 0) is 79.2 Å². The summed E-state index contributed by atoms with van der Waals surface area (Å²) in [4.78, 5) is 15.3. The van der Waals surface area contributed by atoms with Gasteiger partial charge in [-0.3, -0.25) is 4.57 Å². The molecule has 0 fully saturated rings. The van der Waals surface area contributed by atoms with Gasteiger partial charge in [0, 0.05) is 27.3 Å². The number of nitrogens with zero attached hydrogens (tertiary/aromatic N) is 4. The zero-order valence-electron chi connectivity index (χ0n) is 30.0. The molecule has 0 spiro atoms. The van der Waals surface area contributed by atoms with Gasteiger partial charge in [-0.15, -0.1) is 0 Å². The summed E-state index contributed by atoms with van der Waals surface area (Å²) >= 11 is 0. The minimum Gasteiger partial charge on any atom is -0.278 e. The summed E-state index contributed by atoms with van der Waals surface area (Å²) in [5.41, 5.74) is 11.7. The summed E-state index contributed by atoms with van der Waals surface area (Å²) in [6, 6.07) is 60.7. The van der Waals surface area contributed by atoms with Crippen LogP contribution in [0.3, 0.4) is 0 Å². The highest BCUT2D eigenvalue weighted by atomic mass is 15.2. The Morgan fingerprint density at radius 2 is 1.00 bits per heavy atom. The van der Waals surface area contributed by atoms with Crippen molar-refractivity contribution >= 4 is 43.4 Å². The second-order valence-corrected chi connectivity index (χ2v) is 14.9. The minimum absolute atomic E-state index is 0.118. The van der Waals surface area contributed by atoms with Crippen LogP contribution in [0, 0.1) is 0 Å². The van der Waals surface area contributed by atoms with Gasteiger partial charge in [-0.1, -0.05) is 159 Å². The quantitative estimate of drug-likeness (QED) is 0.185. The molecule has 8 aromatic carbocycles. The van der Waals surface area contributed by atoms with Crippen molar-refractivity contribution in [1.82, 2.24) is 19.5 Å². The Morgan fingerprint density at radius 3 is 1.72 bits per heavy atom. The van der Waals surface area contributed by atoms with E-state index in [1.165, 1.54) is 60.3 Å². The van der Waals surface area contributed by atoms with Crippen LogP contribution in [0.2, 0.25) is 0 Å². The third-order valence-corrected chi connectivity index (χ3v) is 11.4. The fourth-order valence-corrected chi connectivity index (χ4v) is 8.77. The lowest BCUT2D eigenvalue weighted by Crippen LogP contribution is -2.15. The van der Waals surface area contributed by atoms with Gasteiger partial charge in [-0.25, -0.2) is 4.98 Å². The molecular weight excluding hydrogens is 657 g/mol. The second kappa shape index (κ2) is 11.5. The predicted molar refractivity (Wildman–Crippen MR) is 223 cm³/mol. The maximum Gasteiger partial charge on any atom is 0.238 e. The molecule has 254 valence electrons. The third kappa shape index (κ3) is 4.53. The van der Waals surface area contributed by atoms with Crippen LogP contribution < -0.4 is 0 Å². The van der Waals surface area contributed by atoms with E-state index in [0.29, 0.717) is 17.6 Å². The molecule has 0 atom stereocenters. The molecule has 0 amide bonds. The van der Waals surface area contributed by atoms with Crippen molar-refractivity contribution in [2.24, 2.45) is 0 Å². The van der Waals surface area contributed by atoms with Crippen LogP contribution in [0.4, 0.5) is 0 Å². The van der Waals surface area contributed by atoms with Crippen molar-refractivity contribution in [2.75, 3.05) is 0 Å². The summed E-state index contributed by atoms with van der Waals surface area (Å²) in [5, 5.41) is 7.35. The van der Waals surface area contributed by atoms with Crippen molar-refractivity contribution in [1.29, 1.82) is 0 Å². The van der Waals surface area contributed by atoms with Crippen molar-refractivity contribution in [2.45, 2.75) is 19.3 Å². The van der Waals surface area contributed by atoms with E-state index >= 15 is 0 Å². The van der Waals surface area contributed by atoms with Gasteiger partial charge >= 0.3 is 0 Å². The van der Waals surface area contributed by atoms with Gasteiger partial charge in [0.05, 0.1) is 11.0 Å². The van der Waals surface area contributed by atoms with Gasteiger partial charge in [-0.2, -0.15) is 9.97 Å². The largest absolute Gasteiger partial charge is 0.278 e. The van der Waals surface area contributed by atoms with Gasteiger partial charge in [0.1, 0.15) is 0 Å². The lowest BCUT2D eigenvalue weighted by molar-refractivity contribution is 0.661. The number of benzene rings is 8. The third-order valence-electron chi connectivity index (χ3n) is 11.4. The van der Waals surface area contributed by atoms with Gasteiger partial charge in [0.2, 0.25) is 5.95 Å². The van der Waals surface area contributed by atoms with E-state index in [1.54, 1.807) is 0 Å².